The van der Waals surface area contributed by atoms with E-state index in [2.05, 4.69) is 0 Å². The molecule has 18 heavy (non-hydrogen) atoms. The highest BCUT2D eigenvalue weighted by Gasteiger charge is 2.22. The Labute approximate surface area is 110 Å². The van der Waals surface area contributed by atoms with Gasteiger partial charge in [-0.05, 0) is 30.2 Å². The highest BCUT2D eigenvalue weighted by Crippen LogP contribution is 2.17. The van der Waals surface area contributed by atoms with Crippen molar-refractivity contribution in [1.82, 2.24) is 4.90 Å². The maximum atomic E-state index is 13.5. The van der Waals surface area contributed by atoms with Crippen molar-refractivity contribution in [3.05, 3.63) is 34.6 Å². The molecule has 1 aliphatic rings. The third-order valence-electron chi connectivity index (χ3n) is 2.95. The number of carbonyl (C=O) groups is 2. The lowest BCUT2D eigenvalue weighted by molar-refractivity contribution is -0.137. The molecule has 1 fully saturated rings. The van der Waals surface area contributed by atoms with Crippen LogP contribution in [0.1, 0.15) is 18.4 Å². The molecule has 0 N–H and O–H groups in total. The molecule has 0 bridgehead atoms. The largest absolute Gasteiger partial charge is 0.335 e. The molecular weight excluding hydrogens is 257 g/mol. The summed E-state index contributed by atoms with van der Waals surface area (Å²) in [5.74, 6) is -0.624. The third kappa shape index (κ3) is 3.07. The van der Waals surface area contributed by atoms with Gasteiger partial charge in [0.1, 0.15) is 5.82 Å². The summed E-state index contributed by atoms with van der Waals surface area (Å²) in [5.41, 5.74) is 0.269. The lowest BCUT2D eigenvalue weighted by atomic mass is 10.1. The molecule has 1 amide bonds. The first-order chi connectivity index (χ1) is 8.56. The van der Waals surface area contributed by atoms with Crippen LogP contribution in [-0.4, -0.2) is 29.7 Å². The van der Waals surface area contributed by atoms with E-state index in [-0.39, 0.29) is 30.2 Å². The standard InChI is InChI=1S/C13H13ClFNO2/c14-10-3-4-12(15)9(6-10)7-13(18)16-5-1-2-11(17)8-16/h3-4,6H,1-2,5,7-8H2. The molecule has 1 aromatic carbocycles. The third-order valence-corrected chi connectivity index (χ3v) is 3.19. The van der Waals surface area contributed by atoms with Crippen LogP contribution in [0.15, 0.2) is 18.2 Å². The van der Waals surface area contributed by atoms with E-state index in [4.69, 9.17) is 11.6 Å². The second-order valence-electron chi connectivity index (χ2n) is 4.37. The van der Waals surface area contributed by atoms with Gasteiger partial charge >= 0.3 is 0 Å². The summed E-state index contributed by atoms with van der Waals surface area (Å²) < 4.78 is 13.5. The zero-order chi connectivity index (χ0) is 13.1. The van der Waals surface area contributed by atoms with E-state index >= 15 is 0 Å². The predicted molar refractivity (Wildman–Crippen MR) is 65.9 cm³/mol. The summed E-state index contributed by atoms with van der Waals surface area (Å²) >= 11 is 5.76. The number of ketones is 1. The van der Waals surface area contributed by atoms with Gasteiger partial charge in [-0.25, -0.2) is 4.39 Å². The first kappa shape index (κ1) is 13.0. The molecule has 0 atom stereocenters. The van der Waals surface area contributed by atoms with Crippen molar-refractivity contribution in [2.75, 3.05) is 13.1 Å². The fourth-order valence-electron chi connectivity index (χ4n) is 2.00. The lowest BCUT2D eigenvalue weighted by Crippen LogP contribution is -2.41. The van der Waals surface area contributed by atoms with Crippen molar-refractivity contribution >= 4 is 23.3 Å². The van der Waals surface area contributed by atoms with E-state index in [1.54, 1.807) is 0 Å². The Bertz CT molecular complexity index is 490. The molecule has 1 aromatic rings. The number of piperidine rings is 1. The average molecular weight is 270 g/mol. The van der Waals surface area contributed by atoms with Crippen molar-refractivity contribution in [2.45, 2.75) is 19.3 Å². The first-order valence-electron chi connectivity index (χ1n) is 5.79. The maximum absolute atomic E-state index is 13.5. The molecule has 2 rings (SSSR count). The number of rotatable bonds is 2. The molecule has 1 heterocycles. The quantitative estimate of drug-likeness (QED) is 0.826. The minimum Gasteiger partial charge on any atom is -0.335 e. The molecule has 1 saturated heterocycles. The second-order valence-corrected chi connectivity index (χ2v) is 4.81. The number of hydrogen-bond acceptors (Lipinski definition) is 2. The van der Waals surface area contributed by atoms with E-state index in [0.717, 1.165) is 0 Å². The normalized spacial score (nSPS) is 15.9. The number of benzene rings is 1. The summed E-state index contributed by atoms with van der Waals surface area (Å²) in [6, 6.07) is 4.13. The zero-order valence-electron chi connectivity index (χ0n) is 9.79. The number of Topliss-reactive ketones (excluding diaryl/α,β-unsaturated/α-hetero) is 1. The summed E-state index contributed by atoms with van der Waals surface area (Å²) in [6.45, 7) is 0.702. The number of amides is 1. The number of carbonyl (C=O) groups excluding carboxylic acids is 2. The van der Waals surface area contributed by atoms with Gasteiger partial charge in [-0.2, -0.15) is 0 Å². The fraction of sp³-hybridized carbons (Fsp3) is 0.385. The summed E-state index contributed by atoms with van der Waals surface area (Å²) in [5, 5.41) is 0.397. The van der Waals surface area contributed by atoms with Gasteiger partial charge in [-0.3, -0.25) is 9.59 Å². The van der Waals surface area contributed by atoms with Crippen LogP contribution in [0.3, 0.4) is 0 Å². The van der Waals surface area contributed by atoms with Crippen LogP contribution in [0.5, 0.6) is 0 Å². The van der Waals surface area contributed by atoms with Gasteiger partial charge in [-0.15, -0.1) is 0 Å². The molecule has 1 aliphatic heterocycles. The molecule has 5 heteroatoms. The molecule has 96 valence electrons. The second kappa shape index (κ2) is 5.48. The molecule has 0 unspecified atom stereocenters. The Morgan fingerprint density at radius 2 is 2.22 bits per heavy atom. The van der Waals surface area contributed by atoms with Gasteiger partial charge in [0.05, 0.1) is 13.0 Å². The van der Waals surface area contributed by atoms with Gasteiger partial charge < -0.3 is 4.90 Å². The number of likely N-dealkylation sites (tertiary alicyclic amines) is 1. The van der Waals surface area contributed by atoms with E-state index < -0.39 is 5.82 Å². The Morgan fingerprint density at radius 3 is 2.94 bits per heavy atom. The van der Waals surface area contributed by atoms with Gasteiger partial charge in [0, 0.05) is 18.0 Å². The molecular formula is C13H13ClFNO2. The van der Waals surface area contributed by atoms with Crippen LogP contribution in [-0.2, 0) is 16.0 Å². The molecule has 0 aliphatic carbocycles. The van der Waals surface area contributed by atoms with Crippen LogP contribution in [0.2, 0.25) is 5.02 Å². The Hall–Kier alpha value is -1.42. The smallest absolute Gasteiger partial charge is 0.227 e. The minimum atomic E-state index is -0.448. The topological polar surface area (TPSA) is 37.4 Å². The molecule has 0 spiro atoms. The van der Waals surface area contributed by atoms with Crippen molar-refractivity contribution in [1.29, 1.82) is 0 Å². The first-order valence-corrected chi connectivity index (χ1v) is 6.17. The van der Waals surface area contributed by atoms with Gasteiger partial charge in [0.2, 0.25) is 5.91 Å². The van der Waals surface area contributed by atoms with Crippen LogP contribution in [0.4, 0.5) is 4.39 Å². The molecule has 0 saturated carbocycles. The van der Waals surface area contributed by atoms with Crippen molar-refractivity contribution in [3.63, 3.8) is 0 Å². The fourth-order valence-corrected chi connectivity index (χ4v) is 2.20. The Balaban J connectivity index is 2.06. The minimum absolute atomic E-state index is 0.0559. The van der Waals surface area contributed by atoms with E-state index in [0.29, 0.717) is 24.4 Å². The van der Waals surface area contributed by atoms with Crippen LogP contribution in [0, 0.1) is 5.82 Å². The van der Waals surface area contributed by atoms with Crippen LogP contribution < -0.4 is 0 Å². The van der Waals surface area contributed by atoms with E-state index in [1.165, 1.54) is 23.1 Å². The van der Waals surface area contributed by atoms with Crippen molar-refractivity contribution < 1.29 is 14.0 Å². The van der Waals surface area contributed by atoms with Gasteiger partial charge in [-0.1, -0.05) is 11.6 Å². The van der Waals surface area contributed by atoms with E-state index in [1.807, 2.05) is 0 Å². The summed E-state index contributed by atoms with van der Waals surface area (Å²) in [4.78, 5) is 24.7. The van der Waals surface area contributed by atoms with Crippen LogP contribution in [0.25, 0.3) is 0 Å². The van der Waals surface area contributed by atoms with E-state index in [9.17, 15) is 14.0 Å². The number of hydrogen-bond donors (Lipinski definition) is 0. The number of nitrogens with zero attached hydrogens (tertiary/aromatic N) is 1. The summed E-state index contributed by atoms with van der Waals surface area (Å²) in [6.07, 6.45) is 1.15. The highest BCUT2D eigenvalue weighted by atomic mass is 35.5. The maximum Gasteiger partial charge on any atom is 0.227 e. The van der Waals surface area contributed by atoms with Crippen molar-refractivity contribution in [2.24, 2.45) is 0 Å². The lowest BCUT2D eigenvalue weighted by Gasteiger charge is -2.25. The molecule has 3 nitrogen and oxygen atoms in total. The highest BCUT2D eigenvalue weighted by molar-refractivity contribution is 6.30. The monoisotopic (exact) mass is 269 g/mol. The van der Waals surface area contributed by atoms with Gasteiger partial charge in [0.15, 0.2) is 5.78 Å². The van der Waals surface area contributed by atoms with Gasteiger partial charge in [0.25, 0.3) is 0 Å². The van der Waals surface area contributed by atoms with Crippen molar-refractivity contribution in [3.8, 4) is 0 Å². The summed E-state index contributed by atoms with van der Waals surface area (Å²) in [7, 11) is 0. The molecule has 0 aromatic heterocycles. The predicted octanol–water partition coefficient (Wildman–Crippen LogP) is 2.21. The Morgan fingerprint density at radius 1 is 1.44 bits per heavy atom. The van der Waals surface area contributed by atoms with Crippen LogP contribution >= 0.6 is 11.6 Å². The molecule has 0 radical (unpaired) electrons. The zero-order valence-corrected chi connectivity index (χ0v) is 10.5. The Kier molecular flexibility index (Phi) is 3.97. The number of halogens is 2. The average Bonchev–Trinajstić information content (AvgIpc) is 2.34. The SMILES string of the molecule is O=C1CCCN(C(=O)Cc2cc(Cl)ccc2F)C1.